The molecule has 2 aromatic heterocycles. The van der Waals surface area contributed by atoms with E-state index in [0.717, 1.165) is 56.8 Å². The predicted molar refractivity (Wildman–Crippen MR) is 229 cm³/mol. The molecule has 1 fully saturated rings. The molecular formula is C45H57Cl3N4. The zero-order valence-corrected chi connectivity index (χ0v) is 34.5. The average Bonchev–Trinajstić information content (AvgIpc) is 3.11. The fraction of sp³-hybridized carbons (Fsp3) is 0.378. The smallest absolute Gasteiger partial charge is 0.0705 e. The van der Waals surface area contributed by atoms with Crippen LogP contribution in [0.5, 0.6) is 0 Å². The molecule has 6 rings (SSSR count). The van der Waals surface area contributed by atoms with Crippen LogP contribution in [0.25, 0.3) is 22.5 Å². The summed E-state index contributed by atoms with van der Waals surface area (Å²) in [6.07, 6.45) is 9.97. The molecule has 3 heterocycles. The number of nitrogens with zero attached hydrogens (tertiary/aromatic N) is 4. The van der Waals surface area contributed by atoms with Crippen molar-refractivity contribution in [3.05, 3.63) is 135 Å². The molecule has 7 heteroatoms. The summed E-state index contributed by atoms with van der Waals surface area (Å²) < 4.78 is 0. The number of piperidine rings is 1. The van der Waals surface area contributed by atoms with Crippen LogP contribution >= 0.6 is 37.2 Å². The lowest BCUT2D eigenvalue weighted by Gasteiger charge is -2.40. The molecule has 0 bridgehead atoms. The van der Waals surface area contributed by atoms with Crippen molar-refractivity contribution < 1.29 is 0 Å². The van der Waals surface area contributed by atoms with Crippen LogP contribution in [0.1, 0.15) is 82.7 Å². The van der Waals surface area contributed by atoms with Gasteiger partial charge < -0.3 is 4.90 Å². The van der Waals surface area contributed by atoms with E-state index < -0.39 is 0 Å². The molecule has 0 N–H and O–H groups in total. The Kier molecular flexibility index (Phi) is 16.2. The number of pyridine rings is 2. The molecule has 0 amide bonds. The third-order valence-electron chi connectivity index (χ3n) is 10.9. The first-order chi connectivity index (χ1) is 23.7. The summed E-state index contributed by atoms with van der Waals surface area (Å²) in [6, 6.07) is 27.9. The van der Waals surface area contributed by atoms with Gasteiger partial charge in [0, 0.05) is 61.4 Å². The van der Waals surface area contributed by atoms with Gasteiger partial charge in [0.2, 0.25) is 0 Å². The van der Waals surface area contributed by atoms with Gasteiger partial charge >= 0.3 is 0 Å². The van der Waals surface area contributed by atoms with Crippen molar-refractivity contribution in [3.8, 4) is 22.5 Å². The van der Waals surface area contributed by atoms with Crippen LogP contribution in [0.4, 0.5) is 5.69 Å². The molecule has 0 spiro atoms. The topological polar surface area (TPSA) is 32.3 Å². The number of hydrogen-bond acceptors (Lipinski definition) is 4. The number of rotatable bonds is 11. The van der Waals surface area contributed by atoms with Crippen molar-refractivity contribution in [1.29, 1.82) is 0 Å². The Morgan fingerprint density at radius 3 is 1.73 bits per heavy atom. The fourth-order valence-electron chi connectivity index (χ4n) is 7.30. The van der Waals surface area contributed by atoms with E-state index in [-0.39, 0.29) is 37.2 Å². The number of benzene rings is 3. The van der Waals surface area contributed by atoms with Crippen LogP contribution in [-0.4, -0.2) is 34.0 Å². The summed E-state index contributed by atoms with van der Waals surface area (Å²) >= 11 is 0. The van der Waals surface area contributed by atoms with Gasteiger partial charge in [0.25, 0.3) is 0 Å². The van der Waals surface area contributed by atoms with Crippen molar-refractivity contribution in [3.63, 3.8) is 0 Å². The maximum atomic E-state index is 4.96. The molecule has 1 aliphatic rings. The minimum absolute atomic E-state index is 0. The molecular weight excluding hydrogens is 703 g/mol. The maximum absolute atomic E-state index is 4.96. The van der Waals surface area contributed by atoms with E-state index in [1.165, 1.54) is 79.7 Å². The molecule has 3 aromatic carbocycles. The van der Waals surface area contributed by atoms with Gasteiger partial charge in [-0.2, -0.15) is 0 Å². The second kappa shape index (κ2) is 19.6. The van der Waals surface area contributed by atoms with Crippen LogP contribution in [-0.2, 0) is 19.5 Å². The normalized spacial score (nSPS) is 13.1. The second-order valence-corrected chi connectivity index (χ2v) is 14.5. The summed E-state index contributed by atoms with van der Waals surface area (Å²) in [7, 11) is 0. The number of unbranched alkanes of at least 4 members (excludes halogenated alkanes) is 1. The third kappa shape index (κ3) is 10.4. The van der Waals surface area contributed by atoms with E-state index in [1.54, 1.807) is 0 Å². The number of aryl methyl sites for hydroxylation is 5. The van der Waals surface area contributed by atoms with Gasteiger partial charge in [0.15, 0.2) is 0 Å². The van der Waals surface area contributed by atoms with E-state index in [2.05, 4.69) is 137 Å². The van der Waals surface area contributed by atoms with Crippen LogP contribution in [0, 0.1) is 41.5 Å². The van der Waals surface area contributed by atoms with Crippen molar-refractivity contribution >= 4 is 42.9 Å². The SMILES string of the molecule is CCCCc1ccc(N(Cc2ccc(-c3cc(C)c(C)c(C)c3)nc2)C2CCN(Cc3ccnc(-c4cc(C)c(C)c(C)c4)c3)CC2)cc1.Cl.Cl.Cl. The zero-order valence-electron chi connectivity index (χ0n) is 32.0. The predicted octanol–water partition coefficient (Wildman–Crippen LogP) is 11.9. The monoisotopic (exact) mass is 758 g/mol. The zero-order chi connectivity index (χ0) is 34.5. The molecule has 0 saturated carbocycles. The van der Waals surface area contributed by atoms with E-state index >= 15 is 0 Å². The quantitative estimate of drug-likeness (QED) is 0.134. The molecule has 278 valence electrons. The summed E-state index contributed by atoms with van der Waals surface area (Å²) in [5.74, 6) is 0. The lowest BCUT2D eigenvalue weighted by Crippen LogP contribution is -2.44. The van der Waals surface area contributed by atoms with Crippen molar-refractivity contribution in [2.24, 2.45) is 0 Å². The Morgan fingerprint density at radius 2 is 1.19 bits per heavy atom. The Hall–Kier alpha value is -3.41. The second-order valence-electron chi connectivity index (χ2n) is 14.5. The van der Waals surface area contributed by atoms with Gasteiger partial charge in [0.05, 0.1) is 11.4 Å². The molecule has 0 aliphatic carbocycles. The van der Waals surface area contributed by atoms with Gasteiger partial charge in [-0.15, -0.1) is 37.2 Å². The molecule has 1 aliphatic heterocycles. The Bertz CT molecular complexity index is 1830. The first-order valence-corrected chi connectivity index (χ1v) is 18.3. The lowest BCUT2D eigenvalue weighted by molar-refractivity contribution is 0.201. The highest BCUT2D eigenvalue weighted by molar-refractivity contribution is 5.86. The first-order valence-electron chi connectivity index (χ1n) is 18.3. The van der Waals surface area contributed by atoms with E-state index in [9.17, 15) is 0 Å². The van der Waals surface area contributed by atoms with Crippen molar-refractivity contribution in [2.75, 3.05) is 18.0 Å². The average molecular weight is 760 g/mol. The molecule has 52 heavy (non-hydrogen) atoms. The molecule has 1 saturated heterocycles. The number of halogens is 3. The summed E-state index contributed by atoms with van der Waals surface area (Å²) in [5, 5.41) is 0. The largest absolute Gasteiger partial charge is 0.364 e. The lowest BCUT2D eigenvalue weighted by atomic mass is 9.97. The van der Waals surface area contributed by atoms with Gasteiger partial charge in [-0.25, -0.2) is 0 Å². The van der Waals surface area contributed by atoms with Crippen LogP contribution < -0.4 is 4.90 Å². The van der Waals surface area contributed by atoms with E-state index in [1.807, 2.05) is 6.20 Å². The minimum Gasteiger partial charge on any atom is -0.364 e. The van der Waals surface area contributed by atoms with Crippen molar-refractivity contribution in [2.45, 2.75) is 99.7 Å². The number of likely N-dealkylation sites (tertiary alicyclic amines) is 1. The van der Waals surface area contributed by atoms with Crippen molar-refractivity contribution in [1.82, 2.24) is 14.9 Å². The molecule has 4 nitrogen and oxygen atoms in total. The standard InChI is InChI=1S/C45H54N4.3ClH/c1-8-9-10-37-11-14-42(15-12-37)49(30-39-13-16-44(47-28-39)40-23-31(2)35(6)32(3)24-40)43-18-21-48(22-19-43)29-38-17-20-46-45(27-38)41-25-33(4)36(7)34(5)26-41;;;/h11-17,20,23-28,43H,8-10,18-19,21-22,29-30H2,1-7H3;3*1H. The molecule has 5 aromatic rings. The third-order valence-corrected chi connectivity index (χ3v) is 10.9. The molecule has 0 atom stereocenters. The Labute approximate surface area is 331 Å². The number of aromatic nitrogens is 2. The summed E-state index contributed by atoms with van der Waals surface area (Å²) in [4.78, 5) is 15.0. The van der Waals surface area contributed by atoms with Gasteiger partial charge in [-0.05, 0) is 172 Å². The summed E-state index contributed by atoms with van der Waals surface area (Å²) in [6.45, 7) is 19.4. The van der Waals surface area contributed by atoms with Gasteiger partial charge in [-0.1, -0.05) is 31.5 Å². The minimum atomic E-state index is 0. The van der Waals surface area contributed by atoms with E-state index in [4.69, 9.17) is 9.97 Å². The highest BCUT2D eigenvalue weighted by Crippen LogP contribution is 2.30. The molecule has 0 radical (unpaired) electrons. The number of anilines is 1. The van der Waals surface area contributed by atoms with E-state index in [0.29, 0.717) is 6.04 Å². The number of hydrogen-bond donors (Lipinski definition) is 0. The van der Waals surface area contributed by atoms with Gasteiger partial charge in [0.1, 0.15) is 0 Å². The van der Waals surface area contributed by atoms with Crippen LogP contribution in [0.15, 0.2) is 85.2 Å². The fourth-order valence-corrected chi connectivity index (χ4v) is 7.30. The van der Waals surface area contributed by atoms with Gasteiger partial charge in [-0.3, -0.25) is 14.9 Å². The van der Waals surface area contributed by atoms with Crippen LogP contribution in [0.3, 0.4) is 0 Å². The maximum Gasteiger partial charge on any atom is 0.0705 e. The highest BCUT2D eigenvalue weighted by atomic mass is 35.5. The Morgan fingerprint density at radius 1 is 0.635 bits per heavy atom. The Balaban J connectivity index is 0.00000243. The highest BCUT2D eigenvalue weighted by Gasteiger charge is 2.26. The first kappa shape index (κ1) is 43.0. The van der Waals surface area contributed by atoms with Crippen LogP contribution in [0.2, 0.25) is 0 Å². The molecule has 0 unspecified atom stereocenters. The summed E-state index contributed by atoms with van der Waals surface area (Å²) in [5.41, 5.74) is 17.9.